The minimum atomic E-state index is -0.480. The summed E-state index contributed by atoms with van der Waals surface area (Å²) in [5.74, 6) is -0.156. The van der Waals surface area contributed by atoms with Crippen LogP contribution in [-0.4, -0.2) is 20.4 Å². The van der Waals surface area contributed by atoms with Gasteiger partial charge in [0.05, 0.1) is 21.8 Å². The standard InChI is InChI=1S/C22H24Cl2N4O3/c1-12-19(22(30)28(27(12)3)14-8-5-4-6-9-14)25-21(29)17-13(2)31-26-20(17)15-10-7-11-16(23)18(15)24/h7,10-11,14H,4-6,8-9H2,1-3H3,(H,25,29). The number of hydrogen-bond acceptors (Lipinski definition) is 4. The van der Waals surface area contributed by atoms with Gasteiger partial charge in [0.1, 0.15) is 22.7 Å². The van der Waals surface area contributed by atoms with E-state index in [1.165, 1.54) is 6.42 Å². The van der Waals surface area contributed by atoms with Gasteiger partial charge in [-0.2, -0.15) is 0 Å². The molecule has 1 aromatic carbocycles. The average Bonchev–Trinajstić information content (AvgIpc) is 3.23. The first-order chi connectivity index (χ1) is 14.8. The molecule has 4 rings (SSSR count). The maximum Gasteiger partial charge on any atom is 0.291 e. The van der Waals surface area contributed by atoms with E-state index in [1.54, 1.807) is 29.8 Å². The van der Waals surface area contributed by atoms with Crippen molar-refractivity contribution in [2.45, 2.75) is 52.0 Å². The second-order valence-corrected chi connectivity index (χ2v) is 8.73. The van der Waals surface area contributed by atoms with Gasteiger partial charge in [-0.25, -0.2) is 4.68 Å². The molecule has 7 nitrogen and oxygen atoms in total. The van der Waals surface area contributed by atoms with E-state index in [2.05, 4.69) is 10.5 Å². The highest BCUT2D eigenvalue weighted by Crippen LogP contribution is 2.36. The zero-order valence-corrected chi connectivity index (χ0v) is 19.2. The fraction of sp³-hybridized carbons (Fsp3) is 0.409. The second kappa shape index (κ2) is 8.55. The summed E-state index contributed by atoms with van der Waals surface area (Å²) in [6.07, 6.45) is 5.33. The predicted molar refractivity (Wildman–Crippen MR) is 121 cm³/mol. The van der Waals surface area contributed by atoms with Crippen LogP contribution in [-0.2, 0) is 7.05 Å². The molecule has 1 amide bonds. The van der Waals surface area contributed by atoms with E-state index < -0.39 is 5.91 Å². The summed E-state index contributed by atoms with van der Waals surface area (Å²) in [6, 6.07) is 5.24. The number of nitrogens with one attached hydrogen (secondary N) is 1. The van der Waals surface area contributed by atoms with Crippen LogP contribution in [0.5, 0.6) is 0 Å². The fourth-order valence-electron chi connectivity index (χ4n) is 4.30. The van der Waals surface area contributed by atoms with Gasteiger partial charge in [0.2, 0.25) is 0 Å². The molecule has 0 bridgehead atoms. The van der Waals surface area contributed by atoms with E-state index in [-0.39, 0.29) is 33.6 Å². The minimum Gasteiger partial charge on any atom is -0.360 e. The molecule has 31 heavy (non-hydrogen) atoms. The third-order valence-corrected chi connectivity index (χ3v) is 6.87. The summed E-state index contributed by atoms with van der Waals surface area (Å²) in [5, 5.41) is 7.45. The van der Waals surface area contributed by atoms with Gasteiger partial charge in [0, 0.05) is 12.6 Å². The third kappa shape index (κ3) is 3.81. The summed E-state index contributed by atoms with van der Waals surface area (Å²) < 4.78 is 8.89. The monoisotopic (exact) mass is 462 g/mol. The van der Waals surface area contributed by atoms with Gasteiger partial charge in [-0.3, -0.25) is 14.3 Å². The molecular formula is C22H24Cl2N4O3. The Hall–Kier alpha value is -2.51. The first-order valence-electron chi connectivity index (χ1n) is 10.3. The number of nitrogens with zero attached hydrogens (tertiary/aromatic N) is 3. The topological polar surface area (TPSA) is 82.1 Å². The van der Waals surface area contributed by atoms with Crippen molar-refractivity contribution in [2.24, 2.45) is 7.05 Å². The summed E-state index contributed by atoms with van der Waals surface area (Å²) in [6.45, 7) is 3.47. The third-order valence-electron chi connectivity index (χ3n) is 6.05. The van der Waals surface area contributed by atoms with Crippen LogP contribution >= 0.6 is 23.2 Å². The van der Waals surface area contributed by atoms with Crippen LogP contribution in [0.4, 0.5) is 5.69 Å². The first-order valence-corrected chi connectivity index (χ1v) is 11.1. The van der Waals surface area contributed by atoms with Crippen molar-refractivity contribution in [1.82, 2.24) is 14.5 Å². The van der Waals surface area contributed by atoms with Crippen LogP contribution < -0.4 is 10.9 Å². The van der Waals surface area contributed by atoms with E-state index in [9.17, 15) is 9.59 Å². The second-order valence-electron chi connectivity index (χ2n) is 7.94. The van der Waals surface area contributed by atoms with Gasteiger partial charge in [-0.05, 0) is 32.8 Å². The van der Waals surface area contributed by atoms with Crippen LogP contribution in [0.1, 0.15) is 60.0 Å². The number of hydrogen-bond donors (Lipinski definition) is 1. The largest absolute Gasteiger partial charge is 0.360 e. The van der Waals surface area contributed by atoms with Crippen LogP contribution in [0, 0.1) is 13.8 Å². The Morgan fingerprint density at radius 3 is 2.61 bits per heavy atom. The Bertz CT molecular complexity index is 1200. The molecule has 0 saturated heterocycles. The zero-order valence-electron chi connectivity index (χ0n) is 17.7. The molecule has 0 radical (unpaired) electrons. The van der Waals surface area contributed by atoms with E-state index in [0.717, 1.165) is 25.7 Å². The van der Waals surface area contributed by atoms with Crippen LogP contribution in [0.3, 0.4) is 0 Å². The number of aromatic nitrogens is 3. The molecule has 1 aliphatic carbocycles. The summed E-state index contributed by atoms with van der Waals surface area (Å²) in [4.78, 5) is 26.4. The Balaban J connectivity index is 1.71. The molecule has 0 aliphatic heterocycles. The van der Waals surface area contributed by atoms with Crippen molar-refractivity contribution in [3.63, 3.8) is 0 Å². The van der Waals surface area contributed by atoms with Crippen LogP contribution in [0.25, 0.3) is 11.3 Å². The maximum atomic E-state index is 13.2. The zero-order chi connectivity index (χ0) is 22.3. The lowest BCUT2D eigenvalue weighted by molar-refractivity contribution is 0.102. The number of halogens is 2. The van der Waals surface area contributed by atoms with Crippen molar-refractivity contribution in [2.75, 3.05) is 5.32 Å². The van der Waals surface area contributed by atoms with E-state index in [4.69, 9.17) is 27.7 Å². The highest BCUT2D eigenvalue weighted by molar-refractivity contribution is 6.43. The van der Waals surface area contributed by atoms with Gasteiger partial charge >= 0.3 is 0 Å². The molecule has 1 N–H and O–H groups in total. The van der Waals surface area contributed by atoms with E-state index in [1.807, 2.05) is 18.7 Å². The van der Waals surface area contributed by atoms with Crippen molar-refractivity contribution in [3.8, 4) is 11.3 Å². The van der Waals surface area contributed by atoms with Crippen LogP contribution in [0.2, 0.25) is 10.0 Å². The average molecular weight is 463 g/mol. The number of carbonyl (C=O) groups excluding carboxylic acids is 1. The number of amides is 1. The Kier molecular flexibility index (Phi) is 5.99. The molecule has 2 aromatic heterocycles. The van der Waals surface area contributed by atoms with Gasteiger partial charge < -0.3 is 9.84 Å². The Morgan fingerprint density at radius 1 is 1.19 bits per heavy atom. The summed E-state index contributed by atoms with van der Waals surface area (Å²) in [5.41, 5.74) is 1.75. The molecule has 0 spiro atoms. The molecule has 1 aliphatic rings. The number of aryl methyl sites for hydroxylation is 1. The molecule has 0 atom stereocenters. The quantitative estimate of drug-likeness (QED) is 0.552. The summed E-state index contributed by atoms with van der Waals surface area (Å²) >= 11 is 12.5. The van der Waals surface area contributed by atoms with E-state index >= 15 is 0 Å². The maximum absolute atomic E-state index is 13.2. The number of anilines is 1. The fourth-order valence-corrected chi connectivity index (χ4v) is 4.69. The van der Waals surface area contributed by atoms with Crippen molar-refractivity contribution in [1.29, 1.82) is 0 Å². The summed E-state index contributed by atoms with van der Waals surface area (Å²) in [7, 11) is 1.85. The van der Waals surface area contributed by atoms with Crippen LogP contribution in [0.15, 0.2) is 27.5 Å². The van der Waals surface area contributed by atoms with Crippen molar-refractivity contribution in [3.05, 3.63) is 55.6 Å². The number of rotatable bonds is 4. The molecule has 0 unspecified atom stereocenters. The molecule has 1 saturated carbocycles. The molecule has 1 fully saturated rings. The number of carbonyl (C=O) groups is 1. The highest BCUT2D eigenvalue weighted by atomic mass is 35.5. The normalized spacial score (nSPS) is 14.7. The Labute approximate surface area is 189 Å². The molecule has 9 heteroatoms. The van der Waals surface area contributed by atoms with Crippen molar-refractivity contribution >= 4 is 34.8 Å². The smallest absolute Gasteiger partial charge is 0.291 e. The van der Waals surface area contributed by atoms with Gasteiger partial charge in [-0.1, -0.05) is 59.8 Å². The lowest BCUT2D eigenvalue weighted by atomic mass is 9.96. The lowest BCUT2D eigenvalue weighted by Crippen LogP contribution is -2.29. The van der Waals surface area contributed by atoms with E-state index in [0.29, 0.717) is 22.0 Å². The van der Waals surface area contributed by atoms with Gasteiger partial charge in [0.15, 0.2) is 0 Å². The molecular weight excluding hydrogens is 439 g/mol. The Morgan fingerprint density at radius 2 is 1.90 bits per heavy atom. The number of benzene rings is 1. The molecule has 3 aromatic rings. The molecule has 164 valence electrons. The predicted octanol–water partition coefficient (Wildman–Crippen LogP) is 5.52. The SMILES string of the molecule is Cc1onc(-c2cccc(Cl)c2Cl)c1C(=O)Nc1c(C)n(C)n(C2CCCCC2)c1=O. The molecule has 2 heterocycles. The highest BCUT2D eigenvalue weighted by Gasteiger charge is 2.28. The lowest BCUT2D eigenvalue weighted by Gasteiger charge is -2.24. The minimum absolute atomic E-state index is 0.147. The van der Waals surface area contributed by atoms with Gasteiger partial charge in [0.25, 0.3) is 11.5 Å². The van der Waals surface area contributed by atoms with Crippen molar-refractivity contribution < 1.29 is 9.32 Å². The first kappa shape index (κ1) is 21.7. The van der Waals surface area contributed by atoms with Gasteiger partial charge in [-0.15, -0.1) is 0 Å².